The van der Waals surface area contributed by atoms with Gasteiger partial charge in [-0.3, -0.25) is 18.7 Å². The van der Waals surface area contributed by atoms with Crippen molar-refractivity contribution in [3.05, 3.63) is 31.3 Å². The molecule has 1 aliphatic carbocycles. The largest absolute Gasteiger partial charge is 0.354 e. The highest BCUT2D eigenvalue weighted by molar-refractivity contribution is 7.18. The van der Waals surface area contributed by atoms with Gasteiger partial charge in [0.2, 0.25) is 5.91 Å². The van der Waals surface area contributed by atoms with Crippen LogP contribution < -0.4 is 22.3 Å². The van der Waals surface area contributed by atoms with E-state index in [1.165, 1.54) is 20.8 Å². The van der Waals surface area contributed by atoms with Gasteiger partial charge in [-0.1, -0.05) is 0 Å². The average molecular weight is 350 g/mol. The summed E-state index contributed by atoms with van der Waals surface area (Å²) < 4.78 is 2.54. The van der Waals surface area contributed by atoms with Crippen molar-refractivity contribution in [1.82, 2.24) is 14.5 Å². The quantitative estimate of drug-likeness (QED) is 0.748. The minimum absolute atomic E-state index is 0.253. The normalized spacial score (nSPS) is 13.9. The zero-order valence-electron chi connectivity index (χ0n) is 13.8. The predicted molar refractivity (Wildman–Crippen MR) is 94.6 cm³/mol. The molecule has 2 heterocycles. The zero-order chi connectivity index (χ0) is 17.3. The van der Waals surface area contributed by atoms with E-state index < -0.39 is 5.69 Å². The molecule has 0 saturated heterocycles. The molecule has 3 N–H and O–H groups in total. The summed E-state index contributed by atoms with van der Waals surface area (Å²) in [4.78, 5) is 39.3. The first-order valence-corrected chi connectivity index (χ1v) is 9.07. The molecule has 0 aliphatic heterocycles. The van der Waals surface area contributed by atoms with Crippen LogP contribution in [-0.2, 0) is 31.2 Å². The molecule has 0 aromatic carbocycles. The van der Waals surface area contributed by atoms with E-state index in [9.17, 15) is 14.4 Å². The number of aryl methyl sites for hydroxylation is 3. The number of carbonyl (C=O) groups is 1. The number of nitrogens with two attached hydrogens (primary N) is 1. The Hall–Kier alpha value is -1.93. The van der Waals surface area contributed by atoms with Gasteiger partial charge in [-0.25, -0.2) is 4.79 Å². The summed E-state index contributed by atoms with van der Waals surface area (Å²) >= 11 is 1.53. The van der Waals surface area contributed by atoms with Crippen molar-refractivity contribution >= 4 is 27.5 Å². The van der Waals surface area contributed by atoms with Crippen molar-refractivity contribution in [3.8, 4) is 0 Å². The number of fused-ring (bicyclic) bond motifs is 3. The maximum absolute atomic E-state index is 12.9. The number of rotatable bonds is 5. The van der Waals surface area contributed by atoms with Gasteiger partial charge in [-0.2, -0.15) is 0 Å². The maximum Gasteiger partial charge on any atom is 0.332 e. The number of nitrogens with zero attached hydrogens (tertiary/aromatic N) is 2. The third kappa shape index (κ3) is 2.91. The van der Waals surface area contributed by atoms with Crippen LogP contribution in [0.2, 0.25) is 0 Å². The molecule has 0 spiro atoms. The molecule has 0 fully saturated rings. The Morgan fingerprint density at radius 1 is 1.29 bits per heavy atom. The zero-order valence-corrected chi connectivity index (χ0v) is 14.6. The van der Waals surface area contributed by atoms with Crippen LogP contribution in [0.15, 0.2) is 9.59 Å². The summed E-state index contributed by atoms with van der Waals surface area (Å²) in [5, 5.41) is 3.30. The van der Waals surface area contributed by atoms with Gasteiger partial charge in [-0.05, 0) is 44.2 Å². The molecular formula is C16H22N4O3S. The number of hydrogen-bond donors (Lipinski definition) is 2. The summed E-state index contributed by atoms with van der Waals surface area (Å²) in [5.74, 6) is -0.342. The van der Waals surface area contributed by atoms with Gasteiger partial charge in [0, 0.05) is 18.5 Å². The maximum atomic E-state index is 12.9. The van der Waals surface area contributed by atoms with Crippen molar-refractivity contribution in [2.75, 3.05) is 13.1 Å². The molecule has 130 valence electrons. The number of carbonyl (C=O) groups excluding carboxylic acids is 1. The standard InChI is InChI=1S/C16H22N4O3S/c1-19-15-13(10-5-2-3-6-11(10)24-15)14(22)20(16(19)23)9-12(21)18-8-4-7-17/h2-9,17H2,1H3,(H,18,21). The molecule has 1 aliphatic rings. The Balaban J connectivity index is 2.04. The predicted octanol–water partition coefficient (Wildman–Crippen LogP) is 0.105. The Labute approximate surface area is 143 Å². The van der Waals surface area contributed by atoms with Gasteiger partial charge in [0.05, 0.1) is 5.39 Å². The second-order valence-corrected chi connectivity index (χ2v) is 7.20. The second kappa shape index (κ2) is 6.90. The van der Waals surface area contributed by atoms with Crippen LogP contribution in [0.4, 0.5) is 0 Å². The van der Waals surface area contributed by atoms with Gasteiger partial charge in [0.1, 0.15) is 11.4 Å². The third-order valence-corrected chi connectivity index (χ3v) is 5.81. The second-order valence-electron chi connectivity index (χ2n) is 6.12. The lowest BCUT2D eigenvalue weighted by Gasteiger charge is -2.11. The highest BCUT2D eigenvalue weighted by Crippen LogP contribution is 2.33. The first kappa shape index (κ1) is 16.9. The molecule has 0 radical (unpaired) electrons. The summed E-state index contributed by atoms with van der Waals surface area (Å²) in [7, 11) is 1.66. The monoisotopic (exact) mass is 350 g/mol. The minimum atomic E-state index is -0.444. The molecule has 0 saturated carbocycles. The van der Waals surface area contributed by atoms with Gasteiger partial charge < -0.3 is 11.1 Å². The third-order valence-electron chi connectivity index (χ3n) is 4.44. The first-order chi connectivity index (χ1) is 11.5. The van der Waals surface area contributed by atoms with Crippen LogP contribution in [-0.4, -0.2) is 28.1 Å². The van der Waals surface area contributed by atoms with Crippen LogP contribution in [0.25, 0.3) is 10.2 Å². The molecule has 0 unspecified atom stereocenters. The van der Waals surface area contributed by atoms with Crippen molar-refractivity contribution < 1.29 is 4.79 Å². The highest BCUT2D eigenvalue weighted by atomic mass is 32.1. The molecular weight excluding hydrogens is 328 g/mol. The Kier molecular flexibility index (Phi) is 4.86. The Morgan fingerprint density at radius 3 is 2.79 bits per heavy atom. The molecule has 2 aromatic heterocycles. The fraction of sp³-hybridized carbons (Fsp3) is 0.562. The highest BCUT2D eigenvalue weighted by Gasteiger charge is 2.23. The fourth-order valence-electron chi connectivity index (χ4n) is 3.17. The first-order valence-electron chi connectivity index (χ1n) is 8.25. The summed E-state index contributed by atoms with van der Waals surface area (Å²) in [6.45, 7) is 0.673. The van der Waals surface area contributed by atoms with E-state index in [-0.39, 0.29) is 18.0 Å². The topological polar surface area (TPSA) is 99.1 Å². The summed E-state index contributed by atoms with van der Waals surface area (Å²) in [6.07, 6.45) is 4.66. The molecule has 24 heavy (non-hydrogen) atoms. The molecule has 8 heteroatoms. The summed E-state index contributed by atoms with van der Waals surface area (Å²) in [5.41, 5.74) is 5.67. The molecule has 2 aromatic rings. The van der Waals surface area contributed by atoms with E-state index in [2.05, 4.69) is 5.32 Å². The van der Waals surface area contributed by atoms with Crippen molar-refractivity contribution in [1.29, 1.82) is 0 Å². The van der Waals surface area contributed by atoms with Crippen molar-refractivity contribution in [2.24, 2.45) is 12.8 Å². The lowest BCUT2D eigenvalue weighted by molar-refractivity contribution is -0.121. The number of nitrogens with one attached hydrogen (secondary N) is 1. The van der Waals surface area contributed by atoms with E-state index in [1.54, 1.807) is 7.05 Å². The van der Waals surface area contributed by atoms with Gasteiger partial charge >= 0.3 is 5.69 Å². The lowest BCUT2D eigenvalue weighted by atomic mass is 9.97. The minimum Gasteiger partial charge on any atom is -0.354 e. The molecule has 0 atom stereocenters. The SMILES string of the molecule is Cn1c(=O)n(CC(=O)NCCCN)c(=O)c2c3c(sc21)CCCC3. The lowest BCUT2D eigenvalue weighted by Crippen LogP contribution is -2.43. The van der Waals surface area contributed by atoms with E-state index in [1.807, 2.05) is 0 Å². The van der Waals surface area contributed by atoms with Gasteiger partial charge in [0.15, 0.2) is 0 Å². The number of amides is 1. The number of thiophene rings is 1. The van der Waals surface area contributed by atoms with Crippen LogP contribution in [0.1, 0.15) is 29.7 Å². The number of hydrogen-bond acceptors (Lipinski definition) is 5. The van der Waals surface area contributed by atoms with Crippen LogP contribution in [0.3, 0.4) is 0 Å². The Bertz CT molecular complexity index is 893. The van der Waals surface area contributed by atoms with Gasteiger partial charge in [0.25, 0.3) is 5.56 Å². The molecule has 7 nitrogen and oxygen atoms in total. The molecule has 1 amide bonds. The average Bonchev–Trinajstić information content (AvgIpc) is 2.97. The van der Waals surface area contributed by atoms with Gasteiger partial charge in [-0.15, -0.1) is 11.3 Å². The van der Waals surface area contributed by atoms with Crippen LogP contribution in [0, 0.1) is 0 Å². The van der Waals surface area contributed by atoms with Crippen LogP contribution in [0.5, 0.6) is 0 Å². The number of aromatic nitrogens is 2. The van der Waals surface area contributed by atoms with E-state index in [0.29, 0.717) is 24.9 Å². The Morgan fingerprint density at radius 2 is 2.04 bits per heavy atom. The van der Waals surface area contributed by atoms with E-state index in [4.69, 9.17) is 5.73 Å². The van der Waals surface area contributed by atoms with Crippen molar-refractivity contribution in [3.63, 3.8) is 0 Å². The molecule has 0 bridgehead atoms. The van der Waals surface area contributed by atoms with E-state index >= 15 is 0 Å². The molecule has 3 rings (SSSR count). The van der Waals surface area contributed by atoms with Crippen LogP contribution >= 0.6 is 11.3 Å². The van der Waals surface area contributed by atoms with E-state index in [0.717, 1.165) is 40.6 Å². The van der Waals surface area contributed by atoms with Crippen molar-refractivity contribution in [2.45, 2.75) is 38.6 Å². The smallest absolute Gasteiger partial charge is 0.332 e. The summed E-state index contributed by atoms with van der Waals surface area (Å²) in [6, 6.07) is 0. The fourth-order valence-corrected chi connectivity index (χ4v) is 4.50.